The maximum absolute atomic E-state index is 4.77. The van der Waals surface area contributed by atoms with Crippen LogP contribution in [0.1, 0.15) is 55.6 Å². The summed E-state index contributed by atoms with van der Waals surface area (Å²) in [6.45, 7) is 0. The Labute approximate surface area is 685 Å². The first kappa shape index (κ1) is 69.1. The van der Waals surface area contributed by atoms with E-state index in [1.807, 2.05) is 24.8 Å². The number of halogens is 1. The Bertz CT molecular complexity index is 7300. The lowest BCUT2D eigenvalue weighted by Gasteiger charge is -2.46. The maximum Gasteiger partial charge on any atom is 0.0743 e. The minimum atomic E-state index is -0.549. The van der Waals surface area contributed by atoms with Crippen molar-refractivity contribution in [2.24, 2.45) is 0 Å². The van der Waals surface area contributed by atoms with Crippen molar-refractivity contribution in [3.05, 3.63) is 497 Å². The van der Waals surface area contributed by atoms with Crippen LogP contribution in [-0.4, -0.2) is 28.2 Å². The molecule has 7 nitrogen and oxygen atoms in total. The quantitative estimate of drug-likeness (QED) is 0.145. The van der Waals surface area contributed by atoms with Gasteiger partial charge in [0.1, 0.15) is 0 Å². The minimum absolute atomic E-state index is 0.310. The highest BCUT2D eigenvalue weighted by Gasteiger charge is 2.47. The zero-order valence-corrected chi connectivity index (χ0v) is 65.4. The lowest BCUT2D eigenvalue weighted by molar-refractivity contribution is 0.700. The number of hydrogen-bond donors (Lipinski definition) is 0. The number of para-hydroxylation sites is 7. The first-order chi connectivity index (χ1) is 58.0. The number of anilines is 3. The summed E-state index contributed by atoms with van der Waals surface area (Å²) in [7, 11) is 0. The van der Waals surface area contributed by atoms with Crippen molar-refractivity contribution in [3.8, 4) is 22.7 Å². The molecular formula is C109H74BrN7. The van der Waals surface area contributed by atoms with E-state index in [4.69, 9.17) is 4.98 Å². The number of rotatable bonds is 9. The van der Waals surface area contributed by atoms with Crippen LogP contribution in [0.15, 0.2) is 442 Å². The van der Waals surface area contributed by atoms with Crippen LogP contribution < -0.4 is 4.90 Å². The molecule has 22 aromatic rings. The Morgan fingerprint density at radius 1 is 0.222 bits per heavy atom. The zero-order chi connectivity index (χ0) is 77.5. The molecule has 24 rings (SSSR count). The normalized spacial score (nSPS) is 13.1. The van der Waals surface area contributed by atoms with Gasteiger partial charge in [-0.3, -0.25) is 9.97 Å². The predicted molar refractivity (Wildman–Crippen MR) is 488 cm³/mol. The lowest BCUT2D eigenvalue weighted by Crippen LogP contribution is -2.37. The van der Waals surface area contributed by atoms with Crippen LogP contribution >= 0.6 is 15.9 Å². The van der Waals surface area contributed by atoms with E-state index in [2.05, 4.69) is 457 Å². The molecule has 6 aromatic heterocycles. The van der Waals surface area contributed by atoms with E-state index in [1.165, 1.54) is 143 Å². The predicted octanol–water partition coefficient (Wildman–Crippen LogP) is 27.5. The zero-order valence-electron chi connectivity index (χ0n) is 63.8. The first-order valence-corrected chi connectivity index (χ1v) is 40.8. The molecule has 0 saturated carbocycles. The fourth-order valence-electron chi connectivity index (χ4n) is 19.6. The number of nitrogens with zero attached hydrogens (tertiary/aromatic N) is 7. The van der Waals surface area contributed by atoms with Gasteiger partial charge in [-0.05, 0) is 189 Å². The second-order valence-corrected chi connectivity index (χ2v) is 31.3. The molecule has 117 heavy (non-hydrogen) atoms. The van der Waals surface area contributed by atoms with Gasteiger partial charge in [-0.15, -0.1) is 0 Å². The molecule has 552 valence electrons. The molecule has 1 aliphatic carbocycles. The van der Waals surface area contributed by atoms with Crippen molar-refractivity contribution in [2.45, 2.75) is 17.3 Å². The average molecular weight is 1560 g/mol. The van der Waals surface area contributed by atoms with Gasteiger partial charge in [-0.2, -0.15) is 0 Å². The fraction of sp³-hybridized carbons (Fsp3) is 0.0275. The van der Waals surface area contributed by atoms with Crippen molar-refractivity contribution in [1.82, 2.24) is 28.2 Å². The molecule has 1 aliphatic heterocycles. The number of benzene rings is 16. The highest BCUT2D eigenvalue weighted by molar-refractivity contribution is 9.10. The SMILES string of the molecule is Brc1cccc(-n2c3ccccc3c3cc(-n4c5ccccc5c5ccccc54)ccc32)c1.c1ccc(C2(c3ccccc3)c3ccccc3Cc3cnccc32)cc1.c1ccc(C2(c3ccccc3)c3ccccc3N(c3cccc(-n4c5ccccc5c5cc(-n6c7ccccc7c7ccccc76)ccc54)c3)c3cnccc32)cc1. The highest BCUT2D eigenvalue weighted by atomic mass is 79.9. The summed E-state index contributed by atoms with van der Waals surface area (Å²) in [4.78, 5) is 11.6. The summed E-state index contributed by atoms with van der Waals surface area (Å²) >= 11 is 3.64. The van der Waals surface area contributed by atoms with Gasteiger partial charge in [0, 0.05) is 94.6 Å². The van der Waals surface area contributed by atoms with Crippen LogP contribution in [0.4, 0.5) is 17.1 Å². The van der Waals surface area contributed by atoms with Crippen molar-refractivity contribution >= 4 is 120 Å². The second kappa shape index (κ2) is 28.4. The average Bonchev–Trinajstić information content (AvgIpc) is 1.63. The maximum atomic E-state index is 4.77. The van der Waals surface area contributed by atoms with Gasteiger partial charge in [0.25, 0.3) is 0 Å². The van der Waals surface area contributed by atoms with E-state index < -0.39 is 5.41 Å². The van der Waals surface area contributed by atoms with Crippen LogP contribution in [-0.2, 0) is 17.3 Å². The van der Waals surface area contributed by atoms with Gasteiger partial charge in [-0.25, -0.2) is 0 Å². The minimum Gasteiger partial charge on any atom is -0.309 e. The standard InChI is InChI=1S/C54H36N4.C30H19BrN2.C25H19N/c1-3-16-37(17-4-1)54(38-18-5-2-6-19-38)46-25-10-14-29-52(46)58(53-36-55-33-32-47(53)54)40-21-15-20-39(34-40)56-50-28-13-9-24-44(50)45-35-41(30-31-51(45)56)57-48-26-11-7-22-42(48)43-23-8-12-27-49(43)57;31-20-8-7-9-21(18-20)32-29-15-6-3-12-25(29)26-19-22(16-17-30(26)32)33-27-13-4-1-10-23(27)24-11-2-5-14-28(24)33;1-3-10-21(11-4-1)25(22-12-5-2-6-13-22)23-14-8-7-9-19(23)17-20-18-26-16-15-24(20)25/h1-36H;1-19H;1-16,18H,17H2. The molecule has 0 bridgehead atoms. The Kier molecular flexibility index (Phi) is 16.8. The van der Waals surface area contributed by atoms with E-state index >= 15 is 0 Å². The molecule has 0 fully saturated rings. The summed E-state index contributed by atoms with van der Waals surface area (Å²) in [5, 5.41) is 10.0. The Balaban J connectivity index is 0.000000118. The summed E-state index contributed by atoms with van der Waals surface area (Å²) < 4.78 is 10.6. The van der Waals surface area contributed by atoms with Crippen molar-refractivity contribution in [3.63, 3.8) is 0 Å². The van der Waals surface area contributed by atoms with E-state index in [-0.39, 0.29) is 5.41 Å². The van der Waals surface area contributed by atoms with Gasteiger partial charge >= 0.3 is 0 Å². The molecule has 8 heteroatoms. The van der Waals surface area contributed by atoms with E-state index in [1.54, 1.807) is 0 Å². The number of aromatic nitrogens is 6. The van der Waals surface area contributed by atoms with Gasteiger partial charge in [0.05, 0.1) is 72.5 Å². The third-order valence-corrected chi connectivity index (χ3v) is 24.8. The smallest absolute Gasteiger partial charge is 0.0743 e. The van der Waals surface area contributed by atoms with Crippen LogP contribution in [0.3, 0.4) is 0 Å². The van der Waals surface area contributed by atoms with Crippen LogP contribution in [0, 0.1) is 0 Å². The molecule has 0 amide bonds. The van der Waals surface area contributed by atoms with E-state index in [0.29, 0.717) is 0 Å². The third kappa shape index (κ3) is 11.0. The Morgan fingerprint density at radius 2 is 0.547 bits per heavy atom. The Hall–Kier alpha value is -14.7. The summed E-state index contributed by atoms with van der Waals surface area (Å²) in [5.74, 6) is 0. The molecular weight excluding hydrogens is 1490 g/mol. The fourth-order valence-corrected chi connectivity index (χ4v) is 20.0. The second-order valence-electron chi connectivity index (χ2n) is 30.4. The van der Waals surface area contributed by atoms with Crippen molar-refractivity contribution in [1.29, 1.82) is 0 Å². The largest absolute Gasteiger partial charge is 0.309 e. The molecule has 0 N–H and O–H groups in total. The monoisotopic (exact) mass is 1560 g/mol. The third-order valence-electron chi connectivity index (χ3n) is 24.3. The van der Waals surface area contributed by atoms with Gasteiger partial charge in [0.15, 0.2) is 0 Å². The molecule has 0 atom stereocenters. The molecule has 2 aliphatic rings. The number of pyridine rings is 2. The number of hydrogen-bond acceptors (Lipinski definition) is 3. The first-order valence-electron chi connectivity index (χ1n) is 40.0. The van der Waals surface area contributed by atoms with Crippen LogP contribution in [0.2, 0.25) is 0 Å². The van der Waals surface area contributed by atoms with E-state index in [9.17, 15) is 0 Å². The van der Waals surface area contributed by atoms with Crippen molar-refractivity contribution < 1.29 is 0 Å². The topological polar surface area (TPSA) is 48.7 Å². The lowest BCUT2D eigenvalue weighted by atomic mass is 9.60. The summed E-state index contributed by atoms with van der Waals surface area (Å²) in [5.41, 5.74) is 29.5. The summed E-state index contributed by atoms with van der Waals surface area (Å²) in [6, 6.07) is 149. The highest BCUT2D eigenvalue weighted by Crippen LogP contribution is 2.58. The van der Waals surface area contributed by atoms with Gasteiger partial charge in [-0.1, -0.05) is 301 Å². The van der Waals surface area contributed by atoms with E-state index in [0.717, 1.165) is 50.5 Å². The van der Waals surface area contributed by atoms with Crippen molar-refractivity contribution in [2.75, 3.05) is 4.90 Å². The van der Waals surface area contributed by atoms with Gasteiger partial charge < -0.3 is 23.2 Å². The molecule has 0 spiro atoms. The van der Waals surface area contributed by atoms with Crippen LogP contribution in [0.5, 0.6) is 0 Å². The van der Waals surface area contributed by atoms with Crippen LogP contribution in [0.25, 0.3) is 110 Å². The molecule has 7 heterocycles. The molecule has 0 saturated heterocycles. The summed E-state index contributed by atoms with van der Waals surface area (Å²) in [6.07, 6.45) is 8.86. The molecule has 0 radical (unpaired) electrons. The van der Waals surface area contributed by atoms with Gasteiger partial charge in [0.2, 0.25) is 0 Å². The Morgan fingerprint density at radius 3 is 1.01 bits per heavy atom. The molecule has 16 aromatic carbocycles. The molecule has 0 unspecified atom stereocenters. The number of fused-ring (bicyclic) bond motifs is 16.